The summed E-state index contributed by atoms with van der Waals surface area (Å²) in [5.41, 5.74) is 0.363. The Morgan fingerprint density at radius 3 is 2.36 bits per heavy atom. The molecule has 4 aliphatic carbocycles. The fourth-order valence-electron chi connectivity index (χ4n) is 7.74. The highest BCUT2D eigenvalue weighted by Gasteiger charge is 2.51. The van der Waals surface area contributed by atoms with E-state index in [0.717, 1.165) is 81.4 Å². The topological polar surface area (TPSA) is 63.1 Å². The van der Waals surface area contributed by atoms with Crippen LogP contribution in [0.4, 0.5) is 0 Å². The second-order valence-corrected chi connectivity index (χ2v) is 10.6. The van der Waals surface area contributed by atoms with E-state index in [-0.39, 0.29) is 0 Å². The number of fused-ring (bicyclic) bond motifs is 1. The van der Waals surface area contributed by atoms with Gasteiger partial charge in [0.1, 0.15) is 11.6 Å². The molecule has 0 radical (unpaired) electrons. The minimum Gasteiger partial charge on any atom is -0.343 e. The fraction of sp³-hybridized carbons (Fsp3) is 0.864. The lowest BCUT2D eigenvalue weighted by atomic mass is 9.49. The summed E-state index contributed by atoms with van der Waals surface area (Å²) in [6.45, 7) is 4.60. The van der Waals surface area contributed by atoms with Crippen LogP contribution in [0.3, 0.4) is 0 Å². The summed E-state index contributed by atoms with van der Waals surface area (Å²) >= 11 is 0. The second-order valence-electron chi connectivity index (χ2n) is 10.6. The maximum atomic E-state index is 13.2. The van der Waals surface area contributed by atoms with Crippen molar-refractivity contribution in [2.24, 2.45) is 23.2 Å². The van der Waals surface area contributed by atoms with E-state index in [1.165, 1.54) is 38.5 Å². The van der Waals surface area contributed by atoms with Crippen molar-refractivity contribution in [3.63, 3.8) is 0 Å². The standard InChI is InChI=1S/C22H33N5O/c28-20(13-22-10-15-7-16(11-22)9-17(8-15)12-22)26-4-1-18(2-5-26)21-25-24-19-14-23-3-6-27(19)21/h15-18,23H,1-14H2. The smallest absolute Gasteiger partial charge is 0.223 e. The monoisotopic (exact) mass is 383 g/mol. The van der Waals surface area contributed by atoms with Gasteiger partial charge in [0, 0.05) is 38.5 Å². The summed E-state index contributed by atoms with van der Waals surface area (Å²) in [4.78, 5) is 15.4. The molecule has 3 heterocycles. The van der Waals surface area contributed by atoms with E-state index in [4.69, 9.17) is 0 Å². The number of piperidine rings is 1. The molecular weight excluding hydrogens is 350 g/mol. The molecule has 0 atom stereocenters. The first kappa shape index (κ1) is 17.4. The van der Waals surface area contributed by atoms with Crippen molar-refractivity contribution in [3.8, 4) is 0 Å². The Balaban J connectivity index is 1.09. The Morgan fingerprint density at radius 1 is 1.00 bits per heavy atom. The van der Waals surface area contributed by atoms with Crippen LogP contribution < -0.4 is 5.32 Å². The molecule has 5 fully saturated rings. The minimum atomic E-state index is 0.363. The van der Waals surface area contributed by atoms with Crippen LogP contribution in [0, 0.1) is 23.2 Å². The lowest BCUT2D eigenvalue weighted by Crippen LogP contribution is -2.49. The van der Waals surface area contributed by atoms with E-state index in [1.807, 2.05) is 0 Å². The van der Waals surface area contributed by atoms with Crippen LogP contribution in [0.2, 0.25) is 0 Å². The first-order valence-electron chi connectivity index (χ1n) is 11.6. The van der Waals surface area contributed by atoms with Gasteiger partial charge in [-0.05, 0) is 74.5 Å². The number of likely N-dealkylation sites (tertiary alicyclic amines) is 1. The van der Waals surface area contributed by atoms with E-state index in [9.17, 15) is 4.79 Å². The lowest BCUT2D eigenvalue weighted by molar-refractivity contribution is -0.140. The summed E-state index contributed by atoms with van der Waals surface area (Å²) in [7, 11) is 0. The lowest BCUT2D eigenvalue weighted by Gasteiger charge is -2.57. The summed E-state index contributed by atoms with van der Waals surface area (Å²) < 4.78 is 2.31. The Kier molecular flexibility index (Phi) is 4.07. The van der Waals surface area contributed by atoms with Crippen molar-refractivity contribution in [1.29, 1.82) is 0 Å². The Hall–Kier alpha value is -1.43. The van der Waals surface area contributed by atoms with Gasteiger partial charge in [-0.3, -0.25) is 4.79 Å². The molecule has 0 aromatic carbocycles. The van der Waals surface area contributed by atoms with Gasteiger partial charge >= 0.3 is 0 Å². The molecule has 6 aliphatic rings. The molecule has 4 bridgehead atoms. The van der Waals surface area contributed by atoms with Gasteiger partial charge in [0.05, 0.1) is 6.54 Å². The molecule has 1 saturated heterocycles. The van der Waals surface area contributed by atoms with Gasteiger partial charge in [-0.25, -0.2) is 0 Å². The highest BCUT2D eigenvalue weighted by molar-refractivity contribution is 5.77. The molecule has 6 nitrogen and oxygen atoms in total. The Bertz CT molecular complexity index is 728. The number of hydrogen-bond donors (Lipinski definition) is 1. The van der Waals surface area contributed by atoms with Gasteiger partial charge in [-0.1, -0.05) is 0 Å². The quantitative estimate of drug-likeness (QED) is 0.872. The number of carbonyl (C=O) groups excluding carboxylic acids is 1. The van der Waals surface area contributed by atoms with Crippen molar-refractivity contribution in [2.45, 2.75) is 76.8 Å². The second kappa shape index (κ2) is 6.54. The molecule has 1 amide bonds. The average molecular weight is 384 g/mol. The van der Waals surface area contributed by atoms with Crippen LogP contribution in [-0.4, -0.2) is 45.2 Å². The van der Waals surface area contributed by atoms with Gasteiger partial charge in [0.15, 0.2) is 0 Å². The number of rotatable bonds is 3. The molecule has 0 spiro atoms. The summed E-state index contributed by atoms with van der Waals surface area (Å²) in [6, 6.07) is 0. The van der Waals surface area contributed by atoms with Crippen LogP contribution >= 0.6 is 0 Å². The van der Waals surface area contributed by atoms with Crippen LogP contribution in [0.5, 0.6) is 0 Å². The molecule has 0 unspecified atom stereocenters. The maximum absolute atomic E-state index is 13.2. The molecule has 152 valence electrons. The number of amides is 1. The molecule has 4 saturated carbocycles. The molecule has 1 N–H and O–H groups in total. The highest BCUT2D eigenvalue weighted by Crippen LogP contribution is 2.61. The molecule has 1 aromatic rings. The number of hydrogen-bond acceptors (Lipinski definition) is 4. The largest absolute Gasteiger partial charge is 0.343 e. The van der Waals surface area contributed by atoms with E-state index in [2.05, 4.69) is 25.0 Å². The first-order valence-corrected chi connectivity index (χ1v) is 11.6. The van der Waals surface area contributed by atoms with Gasteiger partial charge in [0.25, 0.3) is 0 Å². The molecule has 1 aromatic heterocycles. The predicted octanol–water partition coefficient (Wildman–Crippen LogP) is 2.69. The van der Waals surface area contributed by atoms with Crippen LogP contribution in [0.25, 0.3) is 0 Å². The third kappa shape index (κ3) is 2.90. The van der Waals surface area contributed by atoms with Crippen molar-refractivity contribution in [2.75, 3.05) is 19.6 Å². The van der Waals surface area contributed by atoms with Crippen molar-refractivity contribution in [3.05, 3.63) is 11.6 Å². The molecule has 28 heavy (non-hydrogen) atoms. The normalized spacial score (nSPS) is 37.3. The molecule has 6 heteroatoms. The summed E-state index contributed by atoms with van der Waals surface area (Å²) in [6.07, 6.45) is 11.3. The fourth-order valence-corrected chi connectivity index (χ4v) is 7.74. The maximum Gasteiger partial charge on any atom is 0.223 e. The molecule has 2 aliphatic heterocycles. The van der Waals surface area contributed by atoms with E-state index < -0.39 is 0 Å². The van der Waals surface area contributed by atoms with Crippen molar-refractivity contribution in [1.82, 2.24) is 25.0 Å². The number of carbonyl (C=O) groups is 1. The minimum absolute atomic E-state index is 0.363. The number of nitrogens with zero attached hydrogens (tertiary/aromatic N) is 4. The zero-order chi connectivity index (χ0) is 18.7. The van der Waals surface area contributed by atoms with E-state index in [1.54, 1.807) is 0 Å². The van der Waals surface area contributed by atoms with Crippen molar-refractivity contribution < 1.29 is 4.79 Å². The van der Waals surface area contributed by atoms with Crippen molar-refractivity contribution >= 4 is 5.91 Å². The highest BCUT2D eigenvalue weighted by atomic mass is 16.2. The van der Waals surface area contributed by atoms with Crippen LogP contribution in [0.15, 0.2) is 0 Å². The van der Waals surface area contributed by atoms with Gasteiger partial charge in [-0.15, -0.1) is 10.2 Å². The van der Waals surface area contributed by atoms with Crippen LogP contribution in [0.1, 0.15) is 75.4 Å². The van der Waals surface area contributed by atoms with E-state index >= 15 is 0 Å². The summed E-state index contributed by atoms with van der Waals surface area (Å²) in [5, 5.41) is 12.3. The van der Waals surface area contributed by atoms with Gasteiger partial charge < -0.3 is 14.8 Å². The predicted molar refractivity (Wildman–Crippen MR) is 106 cm³/mol. The third-order valence-corrected chi connectivity index (χ3v) is 8.56. The van der Waals surface area contributed by atoms with E-state index in [0.29, 0.717) is 17.2 Å². The average Bonchev–Trinajstić information content (AvgIpc) is 3.11. The molecule has 7 rings (SSSR count). The van der Waals surface area contributed by atoms with Gasteiger partial charge in [-0.2, -0.15) is 0 Å². The number of aromatic nitrogens is 3. The van der Waals surface area contributed by atoms with Gasteiger partial charge in [0.2, 0.25) is 5.91 Å². The third-order valence-electron chi connectivity index (χ3n) is 8.56. The summed E-state index contributed by atoms with van der Waals surface area (Å²) in [5.74, 6) is 5.91. The zero-order valence-electron chi connectivity index (χ0n) is 16.9. The Labute approximate surface area is 167 Å². The number of nitrogens with one attached hydrogen (secondary N) is 1. The SMILES string of the molecule is O=C(CC12CC3CC(CC(C3)C1)C2)N1CCC(c2nnc3n2CCNC3)CC1. The van der Waals surface area contributed by atoms with Crippen LogP contribution in [-0.2, 0) is 17.9 Å². The first-order chi connectivity index (χ1) is 13.7. The Morgan fingerprint density at radius 2 is 1.68 bits per heavy atom. The zero-order valence-corrected chi connectivity index (χ0v) is 16.9. The molecular formula is C22H33N5O.